The molecule has 4 nitrogen and oxygen atoms in total. The molecule has 0 spiro atoms. The molecule has 1 N–H and O–H groups in total. The van der Waals surface area contributed by atoms with E-state index < -0.39 is 0 Å². The van der Waals surface area contributed by atoms with Crippen molar-refractivity contribution in [3.8, 4) is 11.5 Å². The molecule has 3 rings (SSSR count). The number of ketones is 2. The smallest absolute Gasteiger partial charge is 0.163 e. The molecule has 156 valence electrons. The van der Waals surface area contributed by atoms with E-state index in [9.17, 15) is 14.7 Å². The van der Waals surface area contributed by atoms with Crippen molar-refractivity contribution < 1.29 is 19.4 Å². The Labute approximate surface area is 189 Å². The summed E-state index contributed by atoms with van der Waals surface area (Å²) in [4.78, 5) is 24.2. The summed E-state index contributed by atoms with van der Waals surface area (Å²) in [6.07, 6.45) is 5.83. The summed E-state index contributed by atoms with van der Waals surface area (Å²) in [5.41, 5.74) is 2.62. The molecule has 31 heavy (non-hydrogen) atoms. The van der Waals surface area contributed by atoms with Gasteiger partial charge in [0.1, 0.15) is 18.1 Å². The first-order chi connectivity index (χ1) is 15.0. The molecule has 3 aromatic rings. The van der Waals surface area contributed by atoms with Gasteiger partial charge in [-0.2, -0.15) is 0 Å². The number of benzene rings is 3. The SMILES string of the molecule is O=C(C=Cc1ccc(O)cc1)CC(=O)C=Cc1cc(OCc2ccccc2)ccc1Br. The molecule has 0 fully saturated rings. The standard InChI is InChI=1S/C26H21BrO4/c27-26-15-14-25(31-18-20-4-2-1-3-5-20)16-21(26)9-13-24(30)17-23(29)12-8-19-6-10-22(28)11-7-19/h1-16,28H,17-18H2. The topological polar surface area (TPSA) is 63.6 Å². The minimum atomic E-state index is -0.290. The molecule has 0 aliphatic rings. The van der Waals surface area contributed by atoms with Crippen LogP contribution in [-0.2, 0) is 16.2 Å². The van der Waals surface area contributed by atoms with E-state index in [1.165, 1.54) is 24.3 Å². The van der Waals surface area contributed by atoms with E-state index >= 15 is 0 Å². The summed E-state index contributed by atoms with van der Waals surface area (Å²) in [6, 6.07) is 21.8. The van der Waals surface area contributed by atoms with E-state index in [0.29, 0.717) is 12.4 Å². The first kappa shape index (κ1) is 22.2. The highest BCUT2D eigenvalue weighted by Gasteiger charge is 2.05. The van der Waals surface area contributed by atoms with E-state index in [1.54, 1.807) is 24.3 Å². The van der Waals surface area contributed by atoms with E-state index in [2.05, 4.69) is 15.9 Å². The second kappa shape index (κ2) is 11.1. The van der Waals surface area contributed by atoms with Crippen LogP contribution in [0.2, 0.25) is 0 Å². The van der Waals surface area contributed by atoms with E-state index in [4.69, 9.17) is 4.74 Å². The average molecular weight is 477 g/mol. The van der Waals surface area contributed by atoms with Gasteiger partial charge in [-0.3, -0.25) is 9.59 Å². The zero-order chi connectivity index (χ0) is 22.1. The number of rotatable bonds is 9. The van der Waals surface area contributed by atoms with E-state index in [1.807, 2.05) is 48.5 Å². The van der Waals surface area contributed by atoms with Crippen LogP contribution < -0.4 is 4.74 Å². The molecular weight excluding hydrogens is 456 g/mol. The van der Waals surface area contributed by atoms with Crippen LogP contribution in [0.5, 0.6) is 11.5 Å². The number of phenolic OH excluding ortho intramolecular Hbond substituents is 1. The number of aromatic hydroxyl groups is 1. The monoisotopic (exact) mass is 476 g/mol. The van der Waals surface area contributed by atoms with E-state index in [-0.39, 0.29) is 23.7 Å². The lowest BCUT2D eigenvalue weighted by Crippen LogP contribution is -2.02. The summed E-state index contributed by atoms with van der Waals surface area (Å²) in [6.45, 7) is 0.451. The van der Waals surface area contributed by atoms with Crippen molar-refractivity contribution in [3.63, 3.8) is 0 Å². The van der Waals surface area contributed by atoms with Crippen LogP contribution in [0.15, 0.2) is 89.4 Å². The predicted octanol–water partition coefficient (Wildman–Crippen LogP) is 5.99. The fraction of sp³-hybridized carbons (Fsp3) is 0.0769. The van der Waals surface area contributed by atoms with Crippen molar-refractivity contribution in [2.24, 2.45) is 0 Å². The molecular formula is C26H21BrO4. The van der Waals surface area contributed by atoms with Gasteiger partial charge in [0.2, 0.25) is 0 Å². The Morgan fingerprint density at radius 2 is 1.55 bits per heavy atom. The van der Waals surface area contributed by atoms with Gasteiger partial charge in [0, 0.05) is 4.47 Å². The minimum Gasteiger partial charge on any atom is -0.508 e. The molecule has 0 aromatic heterocycles. The number of halogens is 1. The third kappa shape index (κ3) is 7.39. The molecule has 0 radical (unpaired) electrons. The molecule has 0 unspecified atom stereocenters. The number of allylic oxidation sites excluding steroid dienone is 2. The quantitative estimate of drug-likeness (QED) is 0.304. The lowest BCUT2D eigenvalue weighted by molar-refractivity contribution is -0.121. The van der Waals surface area contributed by atoms with Crippen molar-refractivity contribution >= 4 is 39.6 Å². The number of phenols is 1. The largest absolute Gasteiger partial charge is 0.508 e. The maximum Gasteiger partial charge on any atom is 0.163 e. The van der Waals surface area contributed by atoms with Crippen molar-refractivity contribution in [2.45, 2.75) is 13.0 Å². The van der Waals surface area contributed by atoms with Gasteiger partial charge in [-0.05, 0) is 59.2 Å². The Morgan fingerprint density at radius 1 is 0.871 bits per heavy atom. The Bertz CT molecular complexity index is 1100. The Balaban J connectivity index is 1.56. The van der Waals surface area contributed by atoms with Gasteiger partial charge in [0.05, 0.1) is 6.42 Å². The summed E-state index contributed by atoms with van der Waals surface area (Å²) in [5.74, 6) is 0.265. The van der Waals surface area contributed by atoms with Gasteiger partial charge in [0.25, 0.3) is 0 Å². The lowest BCUT2D eigenvalue weighted by Gasteiger charge is -2.08. The van der Waals surface area contributed by atoms with Gasteiger partial charge in [-0.1, -0.05) is 70.5 Å². The second-order valence-corrected chi connectivity index (χ2v) is 7.68. The molecule has 5 heteroatoms. The highest BCUT2D eigenvalue weighted by atomic mass is 79.9. The zero-order valence-electron chi connectivity index (χ0n) is 16.7. The molecule has 0 bridgehead atoms. The summed E-state index contributed by atoms with van der Waals surface area (Å²) >= 11 is 3.47. The first-order valence-corrected chi connectivity index (χ1v) is 10.5. The van der Waals surface area contributed by atoms with Crippen LogP contribution >= 0.6 is 15.9 Å². The van der Waals surface area contributed by atoms with Crippen LogP contribution in [-0.4, -0.2) is 16.7 Å². The molecule has 0 amide bonds. The summed E-state index contributed by atoms with van der Waals surface area (Å²) < 4.78 is 6.64. The number of carbonyl (C=O) groups excluding carboxylic acids is 2. The van der Waals surface area contributed by atoms with Gasteiger partial charge in [0.15, 0.2) is 11.6 Å². The summed E-state index contributed by atoms with van der Waals surface area (Å²) in [7, 11) is 0. The predicted molar refractivity (Wildman–Crippen MR) is 126 cm³/mol. The number of carbonyl (C=O) groups is 2. The van der Waals surface area contributed by atoms with Crippen LogP contribution in [0, 0.1) is 0 Å². The Hall–Kier alpha value is -3.44. The van der Waals surface area contributed by atoms with E-state index in [0.717, 1.165) is 21.2 Å². The van der Waals surface area contributed by atoms with Crippen molar-refractivity contribution in [3.05, 3.63) is 106 Å². The van der Waals surface area contributed by atoms with Gasteiger partial charge in [-0.15, -0.1) is 0 Å². The second-order valence-electron chi connectivity index (χ2n) is 6.83. The zero-order valence-corrected chi connectivity index (χ0v) is 18.3. The number of ether oxygens (including phenoxy) is 1. The molecule has 0 aliphatic carbocycles. The highest BCUT2D eigenvalue weighted by molar-refractivity contribution is 9.10. The highest BCUT2D eigenvalue weighted by Crippen LogP contribution is 2.24. The van der Waals surface area contributed by atoms with Crippen LogP contribution in [0.25, 0.3) is 12.2 Å². The molecule has 0 saturated heterocycles. The third-order valence-corrected chi connectivity index (χ3v) is 5.09. The summed E-state index contributed by atoms with van der Waals surface area (Å²) in [5, 5.41) is 9.27. The minimum absolute atomic E-state index is 0.157. The van der Waals surface area contributed by atoms with Gasteiger partial charge < -0.3 is 9.84 Å². The molecule has 0 heterocycles. The van der Waals surface area contributed by atoms with Crippen LogP contribution in [0.3, 0.4) is 0 Å². The molecule has 0 aliphatic heterocycles. The van der Waals surface area contributed by atoms with Gasteiger partial charge >= 0.3 is 0 Å². The van der Waals surface area contributed by atoms with Crippen molar-refractivity contribution in [1.29, 1.82) is 0 Å². The van der Waals surface area contributed by atoms with Crippen molar-refractivity contribution in [1.82, 2.24) is 0 Å². The number of hydrogen-bond donors (Lipinski definition) is 1. The normalized spacial score (nSPS) is 11.1. The third-order valence-electron chi connectivity index (χ3n) is 4.37. The maximum absolute atomic E-state index is 12.2. The fourth-order valence-corrected chi connectivity index (χ4v) is 3.11. The lowest BCUT2D eigenvalue weighted by atomic mass is 10.1. The Kier molecular flexibility index (Phi) is 7.96. The Morgan fingerprint density at radius 3 is 2.26 bits per heavy atom. The maximum atomic E-state index is 12.2. The molecule has 3 aromatic carbocycles. The molecule has 0 atom stereocenters. The average Bonchev–Trinajstić information content (AvgIpc) is 2.78. The van der Waals surface area contributed by atoms with Crippen LogP contribution in [0.4, 0.5) is 0 Å². The fourth-order valence-electron chi connectivity index (χ4n) is 2.73. The van der Waals surface area contributed by atoms with Gasteiger partial charge in [-0.25, -0.2) is 0 Å². The number of hydrogen-bond acceptors (Lipinski definition) is 4. The van der Waals surface area contributed by atoms with Crippen molar-refractivity contribution in [2.75, 3.05) is 0 Å². The van der Waals surface area contributed by atoms with Crippen LogP contribution in [0.1, 0.15) is 23.1 Å². The molecule has 0 saturated carbocycles. The first-order valence-electron chi connectivity index (χ1n) is 9.67.